The van der Waals surface area contributed by atoms with Crippen molar-refractivity contribution in [2.75, 3.05) is 24.9 Å². The summed E-state index contributed by atoms with van der Waals surface area (Å²) < 4.78 is 68.4. The Morgan fingerprint density at radius 2 is 1.87 bits per heavy atom. The number of rotatable bonds is 5. The molecule has 0 aromatic heterocycles. The molecule has 0 radical (unpaired) electrons. The van der Waals surface area contributed by atoms with Crippen LogP contribution in [0.1, 0.15) is 17.5 Å². The van der Waals surface area contributed by atoms with Crippen molar-refractivity contribution < 1.29 is 21.6 Å². The van der Waals surface area contributed by atoms with Gasteiger partial charge in [0.2, 0.25) is 0 Å². The number of sulfonamides is 1. The largest absolute Gasteiger partial charge is 0.417 e. The fourth-order valence-corrected chi connectivity index (χ4v) is 6.90. The zero-order chi connectivity index (χ0) is 22.3. The van der Waals surface area contributed by atoms with Gasteiger partial charge in [0.1, 0.15) is 4.90 Å². The molecule has 0 aliphatic carbocycles. The molecule has 3 rings (SSSR count). The summed E-state index contributed by atoms with van der Waals surface area (Å²) >= 11 is 12.1. The van der Waals surface area contributed by atoms with E-state index < -0.39 is 21.8 Å². The van der Waals surface area contributed by atoms with Crippen LogP contribution < -0.4 is 10.0 Å². The molecule has 1 aliphatic heterocycles. The summed E-state index contributed by atoms with van der Waals surface area (Å²) in [6, 6.07) is 6.12. The summed E-state index contributed by atoms with van der Waals surface area (Å²) in [4.78, 5) is 1.83. The lowest BCUT2D eigenvalue weighted by molar-refractivity contribution is -0.136. The van der Waals surface area contributed by atoms with Gasteiger partial charge in [-0.3, -0.25) is 4.72 Å². The number of likely N-dealkylation sites (tertiary alicyclic amines) is 1. The van der Waals surface area contributed by atoms with Crippen LogP contribution in [0.2, 0.25) is 10.0 Å². The van der Waals surface area contributed by atoms with E-state index in [2.05, 4.69) is 9.62 Å². The summed E-state index contributed by atoms with van der Waals surface area (Å²) in [5, 5.41) is 0.0719. The number of aryl methyl sites for hydroxylation is 1. The molecule has 2 atom stereocenters. The summed E-state index contributed by atoms with van der Waals surface area (Å²) in [5.74, 6) is 0. The van der Waals surface area contributed by atoms with Gasteiger partial charge in [-0.2, -0.15) is 13.2 Å². The molecule has 11 heteroatoms. The lowest BCUT2D eigenvalue weighted by Crippen LogP contribution is -2.21. The number of nitrogens with one attached hydrogen (secondary N) is 1. The number of hydrogen-bond donors (Lipinski definition) is 1. The summed E-state index contributed by atoms with van der Waals surface area (Å²) in [7, 11) is -2.29. The molecule has 30 heavy (non-hydrogen) atoms. The Morgan fingerprint density at radius 3 is 2.47 bits per heavy atom. The molecule has 0 saturated carbocycles. The lowest BCUT2D eigenvalue weighted by atomic mass is 10.2. The highest BCUT2D eigenvalue weighted by atomic mass is 35.5. The smallest absolute Gasteiger partial charge is 0.306 e. The Morgan fingerprint density at radius 1 is 1.17 bits per heavy atom. The quantitative estimate of drug-likeness (QED) is 0.581. The highest BCUT2D eigenvalue weighted by molar-refractivity contribution is 7.92. The van der Waals surface area contributed by atoms with E-state index in [4.69, 9.17) is 23.2 Å². The van der Waals surface area contributed by atoms with Crippen molar-refractivity contribution in [1.29, 1.82) is 0 Å². The first kappa shape index (κ1) is 23.6. The maximum atomic E-state index is 13.5. The van der Waals surface area contributed by atoms with E-state index in [1.165, 1.54) is 18.2 Å². The maximum Gasteiger partial charge on any atom is 0.417 e. The number of alkyl halides is 3. The Balaban J connectivity index is 1.94. The van der Waals surface area contributed by atoms with Crippen molar-refractivity contribution >= 4 is 52.8 Å². The average molecular weight is 499 g/mol. The predicted octanol–water partition coefficient (Wildman–Crippen LogP) is 5.13. The topological polar surface area (TPSA) is 49.4 Å². The molecule has 0 spiro atoms. The maximum absolute atomic E-state index is 13.5. The van der Waals surface area contributed by atoms with E-state index in [-0.39, 0.29) is 40.2 Å². The highest BCUT2D eigenvalue weighted by Crippen LogP contribution is 2.37. The second-order valence-corrected chi connectivity index (χ2v) is 11.3. The Bertz CT molecular complexity index is 1060. The molecule has 1 aliphatic rings. The molecule has 0 amide bonds. The van der Waals surface area contributed by atoms with Crippen molar-refractivity contribution in [3.05, 3.63) is 51.5 Å². The first-order valence-electron chi connectivity index (χ1n) is 9.02. The van der Waals surface area contributed by atoms with Crippen LogP contribution in [0, 0.1) is 6.92 Å². The SMILES string of the molecule is Cc1ccc(S(=O)(=O)Nc2ccc(C(F)(F)F)c(PC3CCN(C)C3)c2)c(Cl)c1Cl. The third-order valence-corrected chi connectivity index (χ3v) is 8.97. The second kappa shape index (κ2) is 8.83. The van der Waals surface area contributed by atoms with Crippen LogP contribution in [0.4, 0.5) is 18.9 Å². The van der Waals surface area contributed by atoms with Gasteiger partial charge >= 0.3 is 6.18 Å². The van der Waals surface area contributed by atoms with E-state index in [1.807, 2.05) is 7.05 Å². The van der Waals surface area contributed by atoms with Gasteiger partial charge in [-0.15, -0.1) is 0 Å². The normalized spacial score (nSPS) is 18.4. The van der Waals surface area contributed by atoms with E-state index in [0.29, 0.717) is 12.1 Å². The van der Waals surface area contributed by atoms with E-state index >= 15 is 0 Å². The molecule has 2 unspecified atom stereocenters. The number of hydrogen-bond acceptors (Lipinski definition) is 3. The summed E-state index contributed by atoms with van der Waals surface area (Å²) in [5.41, 5.74) is 0.0211. The van der Waals surface area contributed by atoms with Gasteiger partial charge in [0.15, 0.2) is 0 Å². The van der Waals surface area contributed by atoms with Crippen molar-refractivity contribution in [1.82, 2.24) is 4.90 Å². The van der Waals surface area contributed by atoms with Crippen LogP contribution in [-0.2, 0) is 16.2 Å². The van der Waals surface area contributed by atoms with Gasteiger partial charge in [-0.1, -0.05) is 37.8 Å². The van der Waals surface area contributed by atoms with Crippen molar-refractivity contribution in [3.8, 4) is 0 Å². The van der Waals surface area contributed by atoms with Crippen molar-refractivity contribution in [3.63, 3.8) is 0 Å². The third kappa shape index (κ3) is 5.22. The van der Waals surface area contributed by atoms with Crippen molar-refractivity contribution in [2.45, 2.75) is 30.1 Å². The van der Waals surface area contributed by atoms with Crippen LogP contribution in [0.15, 0.2) is 35.2 Å². The van der Waals surface area contributed by atoms with Crippen LogP contribution in [0.3, 0.4) is 0 Å². The molecule has 2 aromatic rings. The predicted molar refractivity (Wildman–Crippen MR) is 117 cm³/mol. The number of halogens is 5. The minimum Gasteiger partial charge on any atom is -0.306 e. The fourth-order valence-electron chi connectivity index (χ4n) is 3.29. The van der Waals surface area contributed by atoms with E-state index in [1.54, 1.807) is 6.92 Å². The third-order valence-electron chi connectivity index (χ3n) is 4.86. The van der Waals surface area contributed by atoms with E-state index in [0.717, 1.165) is 25.1 Å². The zero-order valence-corrected chi connectivity index (χ0v) is 19.5. The van der Waals surface area contributed by atoms with Gasteiger partial charge in [0.05, 0.1) is 15.6 Å². The molecule has 1 fully saturated rings. The monoisotopic (exact) mass is 498 g/mol. The molecular weight excluding hydrogens is 479 g/mol. The minimum atomic E-state index is -4.52. The Hall–Kier alpha value is -1.05. The van der Waals surface area contributed by atoms with Crippen LogP contribution in [0.5, 0.6) is 0 Å². The van der Waals surface area contributed by atoms with Crippen molar-refractivity contribution in [2.24, 2.45) is 0 Å². The van der Waals surface area contributed by atoms with Gasteiger partial charge in [-0.05, 0) is 67.7 Å². The molecule has 1 N–H and O–H groups in total. The fraction of sp³-hybridized carbons (Fsp3) is 0.368. The van der Waals surface area contributed by atoms with E-state index in [9.17, 15) is 21.6 Å². The first-order chi connectivity index (χ1) is 13.9. The molecule has 4 nitrogen and oxygen atoms in total. The van der Waals surface area contributed by atoms with Crippen LogP contribution in [0.25, 0.3) is 0 Å². The first-order valence-corrected chi connectivity index (χ1v) is 12.3. The minimum absolute atomic E-state index is 0.0459. The average Bonchev–Trinajstić information content (AvgIpc) is 3.03. The highest BCUT2D eigenvalue weighted by Gasteiger charge is 2.35. The molecular formula is C19H20Cl2F3N2O2PS. The molecule has 164 valence electrons. The molecule has 0 bridgehead atoms. The molecule has 2 aromatic carbocycles. The molecule has 1 saturated heterocycles. The summed E-state index contributed by atoms with van der Waals surface area (Å²) in [6.07, 6.45) is -3.71. The summed E-state index contributed by atoms with van der Waals surface area (Å²) in [6.45, 7) is 3.22. The van der Waals surface area contributed by atoms with Gasteiger partial charge in [0.25, 0.3) is 10.0 Å². The van der Waals surface area contributed by atoms with Crippen LogP contribution in [-0.4, -0.2) is 39.1 Å². The Labute approximate surface area is 185 Å². The van der Waals surface area contributed by atoms with Gasteiger partial charge in [0, 0.05) is 12.2 Å². The number of anilines is 1. The zero-order valence-electron chi connectivity index (χ0n) is 16.1. The van der Waals surface area contributed by atoms with Gasteiger partial charge in [-0.25, -0.2) is 8.42 Å². The van der Waals surface area contributed by atoms with Crippen LogP contribution >= 0.6 is 31.8 Å². The number of nitrogens with zero attached hydrogens (tertiary/aromatic N) is 1. The lowest BCUT2D eigenvalue weighted by Gasteiger charge is -2.18. The Kier molecular flexibility index (Phi) is 6.95. The standard InChI is InChI=1S/C19H20Cl2F3N2O2PS/c1-11-3-6-16(18(21)17(11)20)30(27,28)25-12-4-5-14(19(22,23)24)15(9-12)29-13-7-8-26(2)10-13/h3-6,9,13,25,29H,7-8,10H2,1-2H3. The van der Waals surface area contributed by atoms with Gasteiger partial charge < -0.3 is 4.90 Å². The molecule has 1 heterocycles. The second-order valence-electron chi connectivity index (χ2n) is 7.26. The number of benzene rings is 2.